The van der Waals surface area contributed by atoms with Gasteiger partial charge in [0.05, 0.1) is 19.9 Å². The highest BCUT2D eigenvalue weighted by molar-refractivity contribution is 6.30. The van der Waals surface area contributed by atoms with Crippen molar-refractivity contribution < 1.29 is 59.9 Å². The Morgan fingerprint density at radius 1 is 0.932 bits per heavy atom. The van der Waals surface area contributed by atoms with E-state index in [4.69, 9.17) is 11.6 Å². The molecule has 1 aromatic carbocycles. The van der Waals surface area contributed by atoms with Gasteiger partial charge in [0.15, 0.2) is 0 Å². The Labute approximate surface area is 430 Å². The number of carbonyl (C=O) groups is 7. The highest BCUT2D eigenvalue weighted by Gasteiger charge is 2.62. The van der Waals surface area contributed by atoms with Gasteiger partial charge >= 0.3 is 6.18 Å². The third-order valence-corrected chi connectivity index (χ3v) is 15.2. The van der Waals surface area contributed by atoms with Gasteiger partial charge in [-0.25, -0.2) is 4.39 Å². The van der Waals surface area contributed by atoms with E-state index < -0.39 is 123 Å². The molecular formula is C52H74ClF6N7O7. The van der Waals surface area contributed by atoms with Gasteiger partial charge < -0.3 is 35.6 Å². The maximum atomic E-state index is 15.0. The number of benzene rings is 1. The molecule has 7 atom stereocenters. The van der Waals surface area contributed by atoms with Crippen LogP contribution in [0, 0.1) is 17.3 Å². The maximum absolute atomic E-state index is 15.0. The summed E-state index contributed by atoms with van der Waals surface area (Å²) in [7, 11) is 4.60. The van der Waals surface area contributed by atoms with Gasteiger partial charge in [0.1, 0.15) is 41.8 Å². The number of amides is 7. The number of allylic oxidation sites excluding steroid dienone is 1. The van der Waals surface area contributed by atoms with Gasteiger partial charge in [-0.2, -0.15) is 13.2 Å². The number of nitrogens with zero attached hydrogens (tertiary/aromatic N) is 4. The Balaban J connectivity index is 1.42. The number of likely N-dealkylation sites (N-methyl/N-ethyl adjacent to an activating group) is 3. The molecule has 21 heteroatoms. The van der Waals surface area contributed by atoms with Crippen molar-refractivity contribution in [3.8, 4) is 0 Å². The van der Waals surface area contributed by atoms with Crippen molar-refractivity contribution in [3.05, 3.63) is 40.4 Å². The summed E-state index contributed by atoms with van der Waals surface area (Å²) in [5.74, 6) is -5.94. The molecule has 2 saturated heterocycles. The average molecular weight is 1060 g/mol. The molecule has 1 unspecified atom stereocenters. The minimum atomic E-state index is -5.43. The van der Waals surface area contributed by atoms with Crippen LogP contribution in [0.15, 0.2) is 24.3 Å². The number of alkyl halides is 6. The fraction of sp³-hybridized carbons (Fsp3) is 0.712. The molecular weight excluding hydrogens is 984 g/mol. The first-order valence-electron chi connectivity index (χ1n) is 25.7. The first-order chi connectivity index (χ1) is 34.4. The van der Waals surface area contributed by atoms with Gasteiger partial charge in [0.2, 0.25) is 41.4 Å². The molecule has 0 spiro atoms. The number of rotatable bonds is 16. The number of carbonyl (C=O) groups excluding carboxylic acids is 7. The minimum Gasteiger partial charge on any atom is -0.353 e. The van der Waals surface area contributed by atoms with E-state index >= 15 is 4.39 Å². The van der Waals surface area contributed by atoms with Crippen molar-refractivity contribution in [3.63, 3.8) is 0 Å². The van der Waals surface area contributed by atoms with E-state index in [0.29, 0.717) is 67.8 Å². The molecule has 14 nitrogen and oxygen atoms in total. The van der Waals surface area contributed by atoms with Crippen LogP contribution in [0.2, 0.25) is 5.02 Å². The number of hydrogen-bond acceptors (Lipinski definition) is 7. The van der Waals surface area contributed by atoms with Crippen LogP contribution in [-0.4, -0.2) is 157 Å². The minimum absolute atomic E-state index is 0.0155. The van der Waals surface area contributed by atoms with Gasteiger partial charge in [-0.3, -0.25) is 42.3 Å². The van der Waals surface area contributed by atoms with Crippen LogP contribution in [0.4, 0.5) is 26.3 Å². The van der Waals surface area contributed by atoms with Crippen LogP contribution >= 0.6 is 11.6 Å². The molecule has 408 valence electrons. The summed E-state index contributed by atoms with van der Waals surface area (Å²) in [4.78, 5) is 103. The zero-order valence-corrected chi connectivity index (χ0v) is 43.7. The second kappa shape index (κ2) is 26.1. The normalized spacial score (nSPS) is 24.8. The lowest BCUT2D eigenvalue weighted by molar-refractivity contribution is -0.233. The Bertz CT molecular complexity index is 2170. The van der Waals surface area contributed by atoms with E-state index in [0.717, 1.165) is 29.5 Å². The molecule has 1 aromatic rings. The lowest BCUT2D eigenvalue weighted by Crippen LogP contribution is -2.61. The SMILES string of the molecule is CC(=O)NC1CC=C(c2ccc(Cl)cc2C[C@H]2C(=O)N(C)CCCCCCC[C@H](N(C)C(=O)[C@@H](NC(=O)[C@@H]3C[C@@H](F)CN3C(=O)C(CCF)(CCF)C(F)(F)F)C3CC3)C(=O)N[C@@H](CC(C)C)C(=O)N2C)CC1. The third kappa shape index (κ3) is 14.9. The van der Waals surface area contributed by atoms with E-state index in [1.807, 2.05) is 19.9 Å². The maximum Gasteiger partial charge on any atom is 0.403 e. The molecule has 0 radical (unpaired) electrons. The molecule has 73 heavy (non-hydrogen) atoms. The molecule has 0 bridgehead atoms. The fourth-order valence-corrected chi connectivity index (χ4v) is 10.8. The highest BCUT2D eigenvalue weighted by Crippen LogP contribution is 2.47. The summed E-state index contributed by atoms with van der Waals surface area (Å²) >= 11 is 6.59. The van der Waals surface area contributed by atoms with Crippen molar-refractivity contribution in [2.75, 3.05) is 47.6 Å². The van der Waals surface area contributed by atoms with Gasteiger partial charge in [0.25, 0.3) is 0 Å². The fourth-order valence-electron chi connectivity index (χ4n) is 10.6. The Morgan fingerprint density at radius 2 is 1.59 bits per heavy atom. The van der Waals surface area contributed by atoms with Crippen LogP contribution in [0.3, 0.4) is 0 Å². The first kappa shape index (κ1) is 59.0. The van der Waals surface area contributed by atoms with Crippen LogP contribution < -0.4 is 16.0 Å². The van der Waals surface area contributed by atoms with Crippen molar-refractivity contribution in [2.45, 2.75) is 172 Å². The van der Waals surface area contributed by atoms with E-state index in [1.165, 1.54) is 30.8 Å². The molecule has 2 aliphatic carbocycles. The second-order valence-electron chi connectivity index (χ2n) is 20.9. The molecule has 7 amide bonds. The average Bonchev–Trinajstić information content (AvgIpc) is 4.10. The molecule has 5 rings (SSSR count). The van der Waals surface area contributed by atoms with Crippen LogP contribution in [0.25, 0.3) is 5.57 Å². The smallest absolute Gasteiger partial charge is 0.353 e. The first-order valence-corrected chi connectivity index (χ1v) is 26.1. The Hall–Kier alpha value is -4.88. The molecule has 4 aliphatic rings. The van der Waals surface area contributed by atoms with Gasteiger partial charge in [0, 0.05) is 58.5 Å². The number of likely N-dealkylation sites (tertiary alicyclic amines) is 1. The topological polar surface area (TPSA) is 169 Å². The lowest BCUT2D eigenvalue weighted by atomic mass is 9.79. The van der Waals surface area contributed by atoms with E-state index in [1.54, 1.807) is 24.1 Å². The molecule has 0 aromatic heterocycles. The van der Waals surface area contributed by atoms with Crippen LogP contribution in [-0.2, 0) is 40.0 Å². The van der Waals surface area contributed by atoms with Crippen molar-refractivity contribution in [1.82, 2.24) is 35.6 Å². The quantitative estimate of drug-likeness (QED) is 0.149. The lowest BCUT2D eigenvalue weighted by Gasteiger charge is -2.38. The summed E-state index contributed by atoms with van der Waals surface area (Å²) in [5, 5.41) is 8.86. The third-order valence-electron chi connectivity index (χ3n) is 15.0. The molecule has 3 fully saturated rings. The van der Waals surface area contributed by atoms with Crippen molar-refractivity contribution in [1.29, 1.82) is 0 Å². The number of nitrogens with one attached hydrogen (secondary N) is 3. The number of hydrogen-bond donors (Lipinski definition) is 3. The molecule has 3 N–H and O–H groups in total. The van der Waals surface area contributed by atoms with Crippen molar-refractivity contribution in [2.24, 2.45) is 17.3 Å². The highest BCUT2D eigenvalue weighted by atomic mass is 35.5. The monoisotopic (exact) mass is 1060 g/mol. The van der Waals surface area contributed by atoms with Gasteiger partial charge in [-0.05, 0) is 105 Å². The number of halogens is 7. The Morgan fingerprint density at radius 3 is 2.18 bits per heavy atom. The Kier molecular flexibility index (Phi) is 21.1. The summed E-state index contributed by atoms with van der Waals surface area (Å²) in [6.07, 6.45) is -2.42. The predicted octanol–water partition coefficient (Wildman–Crippen LogP) is 7.05. The van der Waals surface area contributed by atoms with Crippen molar-refractivity contribution >= 4 is 58.5 Å². The molecule has 2 heterocycles. The largest absolute Gasteiger partial charge is 0.403 e. The summed E-state index contributed by atoms with van der Waals surface area (Å²) in [6.45, 7) is 1.42. The predicted molar refractivity (Wildman–Crippen MR) is 264 cm³/mol. The van der Waals surface area contributed by atoms with E-state index in [9.17, 15) is 55.5 Å². The van der Waals surface area contributed by atoms with Gasteiger partial charge in [-0.15, -0.1) is 0 Å². The molecule has 1 saturated carbocycles. The standard InChI is InChI=1S/C52H74ClF6N7O7/c1-31(2)26-40-47(70)65(6)43(28-35-27-36(53)17-20-39(35)33-15-18-38(19-16-33)60-32(3)67)48(71)63(4)25-11-9-7-8-10-12-41(45(68)61-40)64(5)49(72)44(34-13-14-34)62-46(69)42-29-37(56)30-66(42)50(73)51(21-23-54,22-24-55)52(57,58)59/h15,17,20,27,31,34,37-38,40-44H,7-14,16,18-19,21-26,28-30H2,1-6H3,(H,60,67)(H,61,68)(H,62,69)/t37-,38?,40+,41+,42+,43+,44+/m1/s1. The summed E-state index contributed by atoms with van der Waals surface area (Å²) in [6, 6.07) is -1.13. The zero-order valence-electron chi connectivity index (χ0n) is 42.9. The summed E-state index contributed by atoms with van der Waals surface area (Å²) < 4.78 is 85.7. The summed E-state index contributed by atoms with van der Waals surface area (Å²) in [5.41, 5.74) is -0.929. The zero-order chi connectivity index (χ0) is 53.9. The van der Waals surface area contributed by atoms with Crippen LogP contribution in [0.5, 0.6) is 0 Å². The molecule has 2 aliphatic heterocycles. The van der Waals surface area contributed by atoms with E-state index in [2.05, 4.69) is 22.0 Å². The van der Waals surface area contributed by atoms with Crippen LogP contribution in [0.1, 0.15) is 128 Å². The second-order valence-corrected chi connectivity index (χ2v) is 21.4. The van der Waals surface area contributed by atoms with Gasteiger partial charge in [-0.1, -0.05) is 63.3 Å². The van der Waals surface area contributed by atoms with E-state index in [-0.39, 0.29) is 43.0 Å².